The molecule has 23 heavy (non-hydrogen) atoms. The fourth-order valence-electron chi connectivity index (χ4n) is 2.21. The first-order chi connectivity index (χ1) is 11.1. The van der Waals surface area contributed by atoms with Crippen LogP contribution in [0.25, 0.3) is 0 Å². The maximum absolute atomic E-state index is 4.72. The Balaban J connectivity index is 1.95. The molecule has 0 saturated carbocycles. The van der Waals surface area contributed by atoms with E-state index < -0.39 is 0 Å². The zero-order valence-corrected chi connectivity index (χ0v) is 16.2. The smallest absolute Gasteiger partial charge is 0.193 e. The van der Waals surface area contributed by atoms with Crippen LogP contribution in [0.1, 0.15) is 23.2 Å². The van der Waals surface area contributed by atoms with Crippen LogP contribution < -0.4 is 5.32 Å². The molecule has 124 valence electrons. The van der Waals surface area contributed by atoms with Gasteiger partial charge in [0.15, 0.2) is 5.96 Å². The lowest BCUT2D eigenvalue weighted by Crippen LogP contribution is -2.38. The molecule has 4 nitrogen and oxygen atoms in total. The Kier molecular flexibility index (Phi) is 7.05. The van der Waals surface area contributed by atoms with Gasteiger partial charge in [-0.2, -0.15) is 0 Å². The largest absolute Gasteiger partial charge is 0.357 e. The molecule has 0 aliphatic heterocycles. The molecule has 0 atom stereocenters. The van der Waals surface area contributed by atoms with Gasteiger partial charge in [0.2, 0.25) is 0 Å². The van der Waals surface area contributed by atoms with Crippen molar-refractivity contribution in [2.75, 3.05) is 20.1 Å². The van der Waals surface area contributed by atoms with Crippen LogP contribution in [0.2, 0.25) is 0 Å². The standard InChI is InChI=1S/C17H23BrN4S/c1-4-19-17(20-10-9-16-12-23-13(2)21-16)22(3)11-14-5-7-15(18)8-6-14/h5-8,12H,4,9-11H2,1-3H3,(H,19,20). The third-order valence-corrected chi connectivity index (χ3v) is 4.68. The molecular weight excluding hydrogens is 372 g/mol. The first kappa shape index (κ1) is 17.9. The summed E-state index contributed by atoms with van der Waals surface area (Å²) < 4.78 is 1.10. The van der Waals surface area contributed by atoms with Crippen molar-refractivity contribution in [1.29, 1.82) is 0 Å². The predicted octanol–water partition coefficient (Wildman–Crippen LogP) is 3.85. The molecule has 0 saturated heterocycles. The average molecular weight is 395 g/mol. The van der Waals surface area contributed by atoms with E-state index >= 15 is 0 Å². The van der Waals surface area contributed by atoms with Gasteiger partial charge in [0.05, 0.1) is 10.7 Å². The highest BCUT2D eigenvalue weighted by molar-refractivity contribution is 9.10. The zero-order valence-electron chi connectivity index (χ0n) is 13.8. The van der Waals surface area contributed by atoms with Gasteiger partial charge in [0.1, 0.15) is 0 Å². The Morgan fingerprint density at radius 3 is 2.70 bits per heavy atom. The van der Waals surface area contributed by atoms with Crippen LogP contribution in [0.4, 0.5) is 0 Å². The topological polar surface area (TPSA) is 40.5 Å². The van der Waals surface area contributed by atoms with Crippen LogP contribution in [-0.4, -0.2) is 36.0 Å². The third-order valence-electron chi connectivity index (χ3n) is 3.33. The number of hydrogen-bond acceptors (Lipinski definition) is 3. The average Bonchev–Trinajstić information content (AvgIpc) is 2.94. The number of thiazole rings is 1. The van der Waals surface area contributed by atoms with Gasteiger partial charge in [-0.3, -0.25) is 4.99 Å². The summed E-state index contributed by atoms with van der Waals surface area (Å²) in [6.07, 6.45) is 0.880. The summed E-state index contributed by atoms with van der Waals surface area (Å²) in [5, 5.41) is 6.58. The first-order valence-corrected chi connectivity index (χ1v) is 9.40. The SMILES string of the molecule is CCNC(=NCCc1csc(C)n1)N(C)Cc1ccc(Br)cc1. The number of aliphatic imine (C=N–C) groups is 1. The molecule has 0 aliphatic rings. The fourth-order valence-corrected chi connectivity index (χ4v) is 3.12. The Bertz CT molecular complexity index is 636. The Morgan fingerprint density at radius 2 is 2.09 bits per heavy atom. The van der Waals surface area contributed by atoms with Gasteiger partial charge < -0.3 is 10.2 Å². The monoisotopic (exact) mass is 394 g/mol. The Morgan fingerprint density at radius 1 is 1.35 bits per heavy atom. The van der Waals surface area contributed by atoms with E-state index in [1.807, 2.05) is 6.92 Å². The van der Waals surface area contributed by atoms with Crippen molar-refractivity contribution in [3.8, 4) is 0 Å². The predicted molar refractivity (Wildman–Crippen MR) is 102 cm³/mol. The molecule has 0 aliphatic carbocycles. The van der Waals surface area contributed by atoms with E-state index in [0.717, 1.165) is 47.2 Å². The van der Waals surface area contributed by atoms with E-state index in [-0.39, 0.29) is 0 Å². The molecule has 1 aromatic heterocycles. The lowest BCUT2D eigenvalue weighted by Gasteiger charge is -2.22. The Labute approximate surface area is 150 Å². The fraction of sp³-hybridized carbons (Fsp3) is 0.412. The van der Waals surface area contributed by atoms with E-state index in [0.29, 0.717) is 0 Å². The second kappa shape index (κ2) is 9.03. The number of guanidine groups is 1. The molecule has 1 N–H and O–H groups in total. The van der Waals surface area contributed by atoms with Gasteiger partial charge in [-0.15, -0.1) is 11.3 Å². The van der Waals surface area contributed by atoms with E-state index in [2.05, 4.69) is 74.7 Å². The highest BCUT2D eigenvalue weighted by atomic mass is 79.9. The van der Waals surface area contributed by atoms with Crippen LogP contribution in [0.5, 0.6) is 0 Å². The number of benzene rings is 1. The van der Waals surface area contributed by atoms with Crippen molar-refractivity contribution in [2.45, 2.75) is 26.8 Å². The van der Waals surface area contributed by atoms with Gasteiger partial charge in [0.25, 0.3) is 0 Å². The molecule has 1 heterocycles. The number of nitrogens with zero attached hydrogens (tertiary/aromatic N) is 3. The number of aryl methyl sites for hydroxylation is 1. The van der Waals surface area contributed by atoms with Crippen LogP contribution in [0.3, 0.4) is 0 Å². The summed E-state index contributed by atoms with van der Waals surface area (Å²) in [6.45, 7) is 6.56. The molecule has 2 aromatic rings. The van der Waals surface area contributed by atoms with E-state index in [1.54, 1.807) is 11.3 Å². The molecule has 0 spiro atoms. The molecule has 0 bridgehead atoms. The molecule has 0 fully saturated rings. The zero-order chi connectivity index (χ0) is 16.7. The summed E-state index contributed by atoms with van der Waals surface area (Å²) in [5.41, 5.74) is 2.39. The summed E-state index contributed by atoms with van der Waals surface area (Å²) in [4.78, 5) is 11.4. The minimum Gasteiger partial charge on any atom is -0.357 e. The lowest BCUT2D eigenvalue weighted by atomic mass is 10.2. The van der Waals surface area contributed by atoms with Gasteiger partial charge in [-0.1, -0.05) is 28.1 Å². The number of rotatable bonds is 6. The third kappa shape index (κ3) is 5.95. The molecule has 1 aromatic carbocycles. The molecule has 0 unspecified atom stereocenters. The van der Waals surface area contributed by atoms with Crippen LogP contribution in [-0.2, 0) is 13.0 Å². The molecular formula is C17H23BrN4S. The van der Waals surface area contributed by atoms with E-state index in [9.17, 15) is 0 Å². The quantitative estimate of drug-likeness (QED) is 0.597. The van der Waals surface area contributed by atoms with E-state index in [1.165, 1.54) is 5.56 Å². The maximum atomic E-state index is 4.72. The number of nitrogens with one attached hydrogen (secondary N) is 1. The number of aromatic nitrogens is 1. The Hall–Kier alpha value is -1.40. The molecule has 6 heteroatoms. The highest BCUT2D eigenvalue weighted by Gasteiger charge is 2.07. The number of hydrogen-bond donors (Lipinski definition) is 1. The lowest BCUT2D eigenvalue weighted by molar-refractivity contribution is 0.477. The van der Waals surface area contributed by atoms with Gasteiger partial charge in [0, 0.05) is 43.0 Å². The highest BCUT2D eigenvalue weighted by Crippen LogP contribution is 2.12. The van der Waals surface area contributed by atoms with Crippen molar-refractivity contribution >= 4 is 33.2 Å². The van der Waals surface area contributed by atoms with Gasteiger partial charge in [-0.05, 0) is 31.5 Å². The van der Waals surface area contributed by atoms with Crippen molar-refractivity contribution in [3.05, 3.63) is 50.4 Å². The van der Waals surface area contributed by atoms with Gasteiger partial charge in [-0.25, -0.2) is 4.98 Å². The molecule has 0 amide bonds. The van der Waals surface area contributed by atoms with Crippen LogP contribution in [0.15, 0.2) is 39.1 Å². The first-order valence-electron chi connectivity index (χ1n) is 7.73. The van der Waals surface area contributed by atoms with Crippen LogP contribution in [0, 0.1) is 6.92 Å². The van der Waals surface area contributed by atoms with Crippen molar-refractivity contribution < 1.29 is 0 Å². The van der Waals surface area contributed by atoms with Crippen molar-refractivity contribution in [3.63, 3.8) is 0 Å². The van der Waals surface area contributed by atoms with Crippen molar-refractivity contribution in [1.82, 2.24) is 15.2 Å². The maximum Gasteiger partial charge on any atom is 0.193 e. The molecule has 2 rings (SSSR count). The number of halogens is 1. The van der Waals surface area contributed by atoms with Crippen molar-refractivity contribution in [2.24, 2.45) is 4.99 Å². The second-order valence-electron chi connectivity index (χ2n) is 5.33. The summed E-state index contributed by atoms with van der Waals surface area (Å²) in [7, 11) is 2.07. The summed E-state index contributed by atoms with van der Waals surface area (Å²) in [5.74, 6) is 0.933. The van der Waals surface area contributed by atoms with E-state index in [4.69, 9.17) is 4.99 Å². The summed E-state index contributed by atoms with van der Waals surface area (Å²) in [6, 6.07) is 8.39. The van der Waals surface area contributed by atoms with Crippen LogP contribution >= 0.6 is 27.3 Å². The summed E-state index contributed by atoms with van der Waals surface area (Å²) >= 11 is 5.16. The normalized spacial score (nSPS) is 11.6. The second-order valence-corrected chi connectivity index (χ2v) is 7.30. The minimum atomic E-state index is 0.746. The molecule has 0 radical (unpaired) electrons. The minimum absolute atomic E-state index is 0.746. The van der Waals surface area contributed by atoms with Gasteiger partial charge >= 0.3 is 0 Å².